The lowest BCUT2D eigenvalue weighted by molar-refractivity contribution is -0.0660. The van der Waals surface area contributed by atoms with Crippen LogP contribution in [0.1, 0.15) is 29.9 Å². The van der Waals surface area contributed by atoms with Crippen LogP contribution in [-0.4, -0.2) is 93.1 Å². The minimum absolute atomic E-state index is 0.0101. The van der Waals surface area contributed by atoms with Crippen molar-refractivity contribution in [3.8, 4) is 17.2 Å². The Morgan fingerprint density at radius 1 is 1.00 bits per heavy atom. The van der Waals surface area contributed by atoms with Gasteiger partial charge < -0.3 is 43.7 Å². The van der Waals surface area contributed by atoms with Gasteiger partial charge in [-0.2, -0.15) is 0 Å². The molecule has 11 heteroatoms. The third-order valence-electron chi connectivity index (χ3n) is 8.03. The first-order chi connectivity index (χ1) is 21.9. The molecule has 3 aromatic rings. The number of methoxy groups -OCH3 is 1. The van der Waals surface area contributed by atoms with Crippen LogP contribution in [0.2, 0.25) is 5.02 Å². The van der Waals surface area contributed by atoms with Crippen LogP contribution in [0.25, 0.3) is 0 Å². The Kier molecular flexibility index (Phi) is 11.6. The Hall–Kier alpha value is -3.70. The van der Waals surface area contributed by atoms with Gasteiger partial charge in [0.2, 0.25) is 0 Å². The summed E-state index contributed by atoms with van der Waals surface area (Å²) in [6, 6.07) is 20.9. The van der Waals surface area contributed by atoms with E-state index in [-0.39, 0.29) is 19.7 Å². The van der Waals surface area contributed by atoms with Gasteiger partial charge in [-0.15, -0.1) is 0 Å². The van der Waals surface area contributed by atoms with Crippen LogP contribution in [-0.2, 0) is 16.1 Å². The second kappa shape index (κ2) is 16.0. The Morgan fingerprint density at radius 2 is 1.80 bits per heavy atom. The summed E-state index contributed by atoms with van der Waals surface area (Å²) >= 11 is 6.13. The van der Waals surface area contributed by atoms with Gasteiger partial charge in [0.15, 0.2) is 0 Å². The van der Waals surface area contributed by atoms with Crippen LogP contribution in [0.4, 0.5) is 10.5 Å². The number of carboxylic acid groups (broad SMARTS) is 1. The molecule has 0 spiro atoms. The molecule has 5 rings (SSSR count). The number of ether oxygens (including phenoxy) is 5. The molecule has 0 aliphatic carbocycles. The van der Waals surface area contributed by atoms with Crippen molar-refractivity contribution in [3.05, 3.63) is 82.9 Å². The SMILES string of the molecule is COCCCN1CCOc2ccc(COC3CN(C(=O)O)CC(O)C3c3ccc(OCCCOc4ccccc4Cl)cc3)cc21. The molecule has 2 N–H and O–H groups in total. The highest BCUT2D eigenvalue weighted by atomic mass is 35.5. The van der Waals surface area contributed by atoms with Crippen molar-refractivity contribution in [2.24, 2.45) is 0 Å². The number of nitrogens with zero attached hydrogens (tertiary/aromatic N) is 2. The van der Waals surface area contributed by atoms with Crippen molar-refractivity contribution >= 4 is 23.4 Å². The molecule has 0 saturated carbocycles. The number of halogens is 1. The number of β-amino-alcohol motifs (C(OH)–C–C–N with tert-alkyl or cyclic N) is 1. The normalized spacial score (nSPS) is 19.5. The molecule has 1 amide bonds. The van der Waals surface area contributed by atoms with E-state index < -0.39 is 24.2 Å². The summed E-state index contributed by atoms with van der Waals surface area (Å²) < 4.78 is 29.1. The van der Waals surface area contributed by atoms with Gasteiger partial charge in [-0.3, -0.25) is 0 Å². The molecule has 45 heavy (non-hydrogen) atoms. The van der Waals surface area contributed by atoms with Crippen LogP contribution in [0, 0.1) is 0 Å². The van der Waals surface area contributed by atoms with Gasteiger partial charge in [0.1, 0.15) is 23.9 Å². The van der Waals surface area contributed by atoms with E-state index in [9.17, 15) is 15.0 Å². The summed E-state index contributed by atoms with van der Waals surface area (Å²) in [7, 11) is 1.70. The molecule has 3 atom stereocenters. The van der Waals surface area contributed by atoms with E-state index in [1.807, 2.05) is 54.6 Å². The second-order valence-electron chi connectivity index (χ2n) is 11.2. The highest BCUT2D eigenvalue weighted by Gasteiger charge is 2.39. The minimum atomic E-state index is -1.08. The standard InChI is InChI=1S/C34H41ClN2O8/c1-41-16-4-14-36-15-19-44-31-13-8-24(20-28(31)36)23-45-32-22-37(34(39)40)21-29(38)33(32)25-9-11-26(12-10-25)42-17-5-18-43-30-7-3-2-6-27(30)35/h2-3,6-13,20,29,32-33,38H,4-5,14-19,21-23H2,1H3,(H,39,40). The summed E-state index contributed by atoms with van der Waals surface area (Å²) in [4.78, 5) is 15.4. The molecule has 2 aliphatic heterocycles. The molecule has 10 nitrogen and oxygen atoms in total. The number of carbonyl (C=O) groups is 1. The molecule has 3 unspecified atom stereocenters. The summed E-state index contributed by atoms with van der Waals surface area (Å²) in [6.45, 7) is 4.32. The highest BCUT2D eigenvalue weighted by Crippen LogP contribution is 2.35. The maximum atomic E-state index is 11.9. The molecule has 1 saturated heterocycles. The summed E-state index contributed by atoms with van der Waals surface area (Å²) in [6.07, 6.45) is -0.980. The fourth-order valence-electron chi connectivity index (χ4n) is 5.76. The van der Waals surface area contributed by atoms with Crippen LogP contribution < -0.4 is 19.1 Å². The number of aliphatic hydroxyl groups excluding tert-OH is 1. The Morgan fingerprint density at radius 3 is 2.58 bits per heavy atom. The van der Waals surface area contributed by atoms with Crippen molar-refractivity contribution in [2.45, 2.75) is 37.6 Å². The zero-order valence-corrected chi connectivity index (χ0v) is 26.2. The van der Waals surface area contributed by atoms with Crippen molar-refractivity contribution in [3.63, 3.8) is 0 Å². The molecule has 0 aromatic heterocycles. The van der Waals surface area contributed by atoms with E-state index in [0.29, 0.717) is 49.4 Å². The number of hydrogen-bond acceptors (Lipinski definition) is 8. The number of piperidine rings is 1. The lowest BCUT2D eigenvalue weighted by atomic mass is 9.84. The predicted molar refractivity (Wildman–Crippen MR) is 171 cm³/mol. The molecule has 2 heterocycles. The van der Waals surface area contributed by atoms with Crippen LogP contribution >= 0.6 is 11.6 Å². The third kappa shape index (κ3) is 8.73. The number of fused-ring (bicyclic) bond motifs is 1. The quantitative estimate of drug-likeness (QED) is 0.222. The molecule has 2 aliphatic rings. The van der Waals surface area contributed by atoms with Gasteiger partial charge in [-0.1, -0.05) is 41.9 Å². The Bertz CT molecular complexity index is 1390. The van der Waals surface area contributed by atoms with E-state index in [1.54, 1.807) is 13.2 Å². The molecule has 0 bridgehead atoms. The van der Waals surface area contributed by atoms with Gasteiger partial charge in [0, 0.05) is 32.6 Å². The fourth-order valence-corrected chi connectivity index (χ4v) is 5.95. The number of rotatable bonds is 14. The van der Waals surface area contributed by atoms with Crippen molar-refractivity contribution in [2.75, 3.05) is 64.6 Å². The van der Waals surface area contributed by atoms with Gasteiger partial charge in [-0.25, -0.2) is 4.79 Å². The van der Waals surface area contributed by atoms with E-state index >= 15 is 0 Å². The van der Waals surface area contributed by atoms with Gasteiger partial charge in [0.25, 0.3) is 0 Å². The number of likely N-dealkylation sites (tertiary alicyclic amines) is 1. The molecule has 0 radical (unpaired) electrons. The lowest BCUT2D eigenvalue weighted by Gasteiger charge is -2.40. The minimum Gasteiger partial charge on any atom is -0.493 e. The number of benzene rings is 3. The maximum Gasteiger partial charge on any atom is 0.407 e. The van der Waals surface area contributed by atoms with E-state index in [0.717, 1.165) is 42.1 Å². The smallest absolute Gasteiger partial charge is 0.407 e. The topological polar surface area (TPSA) is 110 Å². The largest absolute Gasteiger partial charge is 0.493 e. The summed E-state index contributed by atoms with van der Waals surface area (Å²) in [5, 5.41) is 21.4. The molecule has 242 valence electrons. The van der Waals surface area contributed by atoms with Crippen molar-refractivity contribution in [1.82, 2.24) is 4.90 Å². The van der Waals surface area contributed by atoms with Gasteiger partial charge in [0.05, 0.1) is 62.4 Å². The average Bonchev–Trinajstić information content (AvgIpc) is 3.05. The molecular weight excluding hydrogens is 600 g/mol. The zero-order valence-electron chi connectivity index (χ0n) is 25.5. The molecule has 3 aromatic carbocycles. The average molecular weight is 641 g/mol. The number of anilines is 1. The predicted octanol–water partition coefficient (Wildman–Crippen LogP) is 5.45. The number of hydrogen-bond donors (Lipinski definition) is 2. The first-order valence-electron chi connectivity index (χ1n) is 15.3. The molecule has 1 fully saturated rings. The molecular formula is C34H41ClN2O8. The van der Waals surface area contributed by atoms with E-state index in [2.05, 4.69) is 11.0 Å². The van der Waals surface area contributed by atoms with Crippen LogP contribution in [0.15, 0.2) is 66.7 Å². The maximum absolute atomic E-state index is 11.9. The summed E-state index contributed by atoms with van der Waals surface area (Å²) in [5.74, 6) is 1.76. The van der Waals surface area contributed by atoms with Crippen molar-refractivity contribution < 1.29 is 38.7 Å². The van der Waals surface area contributed by atoms with Gasteiger partial charge in [-0.05, 0) is 53.9 Å². The third-order valence-corrected chi connectivity index (χ3v) is 8.35. The highest BCUT2D eigenvalue weighted by molar-refractivity contribution is 6.32. The van der Waals surface area contributed by atoms with E-state index in [1.165, 1.54) is 4.90 Å². The fraction of sp³-hybridized carbons (Fsp3) is 0.441. The second-order valence-corrected chi connectivity index (χ2v) is 11.6. The summed E-state index contributed by atoms with van der Waals surface area (Å²) in [5.41, 5.74) is 2.81. The van der Waals surface area contributed by atoms with Crippen molar-refractivity contribution in [1.29, 1.82) is 0 Å². The lowest BCUT2D eigenvalue weighted by Crippen LogP contribution is -2.53. The number of aliphatic hydroxyl groups is 1. The van der Waals surface area contributed by atoms with Gasteiger partial charge >= 0.3 is 6.09 Å². The van der Waals surface area contributed by atoms with Crippen LogP contribution in [0.3, 0.4) is 0 Å². The van der Waals surface area contributed by atoms with E-state index in [4.69, 9.17) is 35.3 Å². The first kappa shape index (κ1) is 32.7. The first-order valence-corrected chi connectivity index (χ1v) is 15.7. The Balaban J connectivity index is 1.20. The number of amides is 1. The Labute approximate surface area is 269 Å². The van der Waals surface area contributed by atoms with Crippen LogP contribution in [0.5, 0.6) is 17.2 Å². The number of para-hydroxylation sites is 1. The zero-order chi connectivity index (χ0) is 31.6. The monoisotopic (exact) mass is 640 g/mol.